The minimum Gasteiger partial charge on any atom is -0.208 e. The number of nitrogens with zero attached hydrogens (tertiary/aromatic N) is 4. The van der Waals surface area contributed by atoms with E-state index in [4.69, 9.17) is 0 Å². The highest BCUT2D eigenvalue weighted by molar-refractivity contribution is 5.61. The Balaban J connectivity index is 1.93. The van der Waals surface area contributed by atoms with E-state index in [1.807, 2.05) is 6.21 Å². The minimum absolute atomic E-state index is 0.576. The fourth-order valence-electron chi connectivity index (χ4n) is 1.38. The summed E-state index contributed by atoms with van der Waals surface area (Å²) in [6.45, 7) is 0. The van der Waals surface area contributed by atoms with Gasteiger partial charge in [-0.1, -0.05) is 12.2 Å². The molecule has 2 rings (SSSR count). The van der Waals surface area contributed by atoms with E-state index in [1.165, 1.54) is 12.8 Å². The number of aromatic nitrogens is 3. The SMILES string of the molecule is C1=CC[C@@H](/C=N\n2cnnc2)CC1. The van der Waals surface area contributed by atoms with Crippen molar-refractivity contribution in [1.29, 1.82) is 0 Å². The Labute approximate surface area is 77.0 Å². The van der Waals surface area contributed by atoms with E-state index < -0.39 is 0 Å². The molecule has 0 unspecified atom stereocenters. The highest BCUT2D eigenvalue weighted by Gasteiger charge is 2.05. The third-order valence-electron chi connectivity index (χ3n) is 2.13. The third-order valence-corrected chi connectivity index (χ3v) is 2.13. The molecule has 0 fully saturated rings. The molecule has 0 radical (unpaired) electrons. The fourth-order valence-corrected chi connectivity index (χ4v) is 1.38. The van der Waals surface area contributed by atoms with Crippen LogP contribution in [0.3, 0.4) is 0 Å². The van der Waals surface area contributed by atoms with Crippen molar-refractivity contribution >= 4 is 6.21 Å². The number of hydrogen-bond acceptors (Lipinski definition) is 3. The standard InChI is InChI=1S/C9H12N4/c1-2-4-9(5-3-1)6-12-13-7-10-11-8-13/h1-2,6-9H,3-5H2/b12-6-/t9-/m1/s1. The summed E-state index contributed by atoms with van der Waals surface area (Å²) in [6.07, 6.45) is 13.1. The van der Waals surface area contributed by atoms with E-state index >= 15 is 0 Å². The first kappa shape index (κ1) is 8.16. The lowest BCUT2D eigenvalue weighted by Crippen LogP contribution is -2.04. The Hall–Kier alpha value is -1.45. The highest BCUT2D eigenvalue weighted by Crippen LogP contribution is 2.15. The molecular weight excluding hydrogens is 164 g/mol. The van der Waals surface area contributed by atoms with Crippen LogP contribution in [0.2, 0.25) is 0 Å². The van der Waals surface area contributed by atoms with Crippen LogP contribution >= 0.6 is 0 Å². The summed E-state index contributed by atoms with van der Waals surface area (Å²) in [4.78, 5) is 0. The lowest BCUT2D eigenvalue weighted by atomic mass is 9.96. The van der Waals surface area contributed by atoms with Crippen molar-refractivity contribution in [2.75, 3.05) is 0 Å². The summed E-state index contributed by atoms with van der Waals surface area (Å²) in [5, 5.41) is 11.6. The molecule has 1 atom stereocenters. The van der Waals surface area contributed by atoms with Crippen molar-refractivity contribution in [3.8, 4) is 0 Å². The first-order valence-electron chi connectivity index (χ1n) is 4.49. The maximum absolute atomic E-state index is 4.22. The maximum atomic E-state index is 4.22. The number of allylic oxidation sites excluding steroid dienone is 2. The molecule has 0 spiro atoms. The zero-order valence-corrected chi connectivity index (χ0v) is 7.37. The van der Waals surface area contributed by atoms with Gasteiger partial charge in [-0.15, -0.1) is 10.2 Å². The van der Waals surface area contributed by atoms with E-state index in [-0.39, 0.29) is 0 Å². The summed E-state index contributed by atoms with van der Waals surface area (Å²) in [5.74, 6) is 0.576. The zero-order valence-electron chi connectivity index (χ0n) is 7.37. The van der Waals surface area contributed by atoms with Gasteiger partial charge in [-0.3, -0.25) is 0 Å². The van der Waals surface area contributed by atoms with Gasteiger partial charge in [-0.2, -0.15) is 5.10 Å². The molecular formula is C9H12N4. The smallest absolute Gasteiger partial charge is 0.141 e. The van der Waals surface area contributed by atoms with E-state index in [9.17, 15) is 0 Å². The molecule has 1 aliphatic rings. The van der Waals surface area contributed by atoms with Gasteiger partial charge in [-0.25, -0.2) is 4.68 Å². The van der Waals surface area contributed by atoms with Crippen molar-refractivity contribution in [3.05, 3.63) is 24.8 Å². The van der Waals surface area contributed by atoms with E-state index in [0.29, 0.717) is 5.92 Å². The van der Waals surface area contributed by atoms with Gasteiger partial charge in [0.1, 0.15) is 12.7 Å². The topological polar surface area (TPSA) is 43.1 Å². The van der Waals surface area contributed by atoms with Gasteiger partial charge in [0.15, 0.2) is 0 Å². The first-order chi connectivity index (χ1) is 6.45. The summed E-state index contributed by atoms with van der Waals surface area (Å²) in [7, 11) is 0. The molecule has 0 aliphatic heterocycles. The van der Waals surface area contributed by atoms with Crippen molar-refractivity contribution in [2.24, 2.45) is 11.0 Å². The van der Waals surface area contributed by atoms with Crippen LogP contribution in [0.1, 0.15) is 19.3 Å². The van der Waals surface area contributed by atoms with Gasteiger partial charge in [-0.05, 0) is 25.2 Å². The van der Waals surface area contributed by atoms with Crippen molar-refractivity contribution in [2.45, 2.75) is 19.3 Å². The maximum Gasteiger partial charge on any atom is 0.141 e. The highest BCUT2D eigenvalue weighted by atomic mass is 15.4. The average molecular weight is 176 g/mol. The molecule has 4 nitrogen and oxygen atoms in total. The van der Waals surface area contributed by atoms with Crippen LogP contribution in [-0.4, -0.2) is 21.1 Å². The van der Waals surface area contributed by atoms with Crippen molar-refractivity contribution in [1.82, 2.24) is 14.9 Å². The minimum atomic E-state index is 0.576. The molecule has 4 heteroatoms. The van der Waals surface area contributed by atoms with Crippen LogP contribution in [0.4, 0.5) is 0 Å². The molecule has 0 N–H and O–H groups in total. The quantitative estimate of drug-likeness (QED) is 0.506. The van der Waals surface area contributed by atoms with Gasteiger partial charge < -0.3 is 0 Å². The molecule has 13 heavy (non-hydrogen) atoms. The van der Waals surface area contributed by atoms with Crippen LogP contribution in [0.25, 0.3) is 0 Å². The first-order valence-corrected chi connectivity index (χ1v) is 4.49. The number of hydrogen-bond donors (Lipinski definition) is 0. The molecule has 0 amide bonds. The molecule has 0 aromatic carbocycles. The summed E-state index contributed by atoms with van der Waals surface area (Å²) < 4.78 is 1.62. The Kier molecular flexibility index (Phi) is 2.50. The van der Waals surface area contributed by atoms with Gasteiger partial charge in [0, 0.05) is 6.21 Å². The van der Waals surface area contributed by atoms with Gasteiger partial charge in [0.2, 0.25) is 0 Å². The largest absolute Gasteiger partial charge is 0.208 e. The molecule has 68 valence electrons. The molecule has 0 bridgehead atoms. The van der Waals surface area contributed by atoms with Crippen LogP contribution in [-0.2, 0) is 0 Å². The molecule has 1 aliphatic carbocycles. The lowest BCUT2D eigenvalue weighted by Gasteiger charge is -2.11. The molecule has 0 saturated carbocycles. The second-order valence-electron chi connectivity index (χ2n) is 3.15. The Morgan fingerprint density at radius 3 is 2.85 bits per heavy atom. The Morgan fingerprint density at radius 2 is 2.15 bits per heavy atom. The second kappa shape index (κ2) is 3.98. The van der Waals surface area contributed by atoms with E-state index in [0.717, 1.165) is 6.42 Å². The molecule has 1 heterocycles. The molecule has 1 aromatic rings. The average Bonchev–Trinajstić information content (AvgIpc) is 2.69. The second-order valence-corrected chi connectivity index (χ2v) is 3.15. The fraction of sp³-hybridized carbons (Fsp3) is 0.444. The number of rotatable bonds is 2. The lowest BCUT2D eigenvalue weighted by molar-refractivity contribution is 0.622. The zero-order chi connectivity index (χ0) is 8.93. The Bertz CT molecular complexity index is 299. The van der Waals surface area contributed by atoms with Crippen molar-refractivity contribution in [3.63, 3.8) is 0 Å². The van der Waals surface area contributed by atoms with Gasteiger partial charge in [0.05, 0.1) is 0 Å². The van der Waals surface area contributed by atoms with E-state index in [1.54, 1.807) is 17.3 Å². The predicted molar refractivity (Wildman–Crippen MR) is 50.4 cm³/mol. The van der Waals surface area contributed by atoms with Crippen LogP contribution in [0.15, 0.2) is 29.9 Å². The van der Waals surface area contributed by atoms with Gasteiger partial charge in [0.25, 0.3) is 0 Å². The summed E-state index contributed by atoms with van der Waals surface area (Å²) in [6, 6.07) is 0. The van der Waals surface area contributed by atoms with Gasteiger partial charge >= 0.3 is 0 Å². The molecule has 1 aromatic heterocycles. The molecule has 0 saturated heterocycles. The third kappa shape index (κ3) is 2.24. The predicted octanol–water partition coefficient (Wildman–Crippen LogP) is 1.47. The van der Waals surface area contributed by atoms with Crippen LogP contribution in [0, 0.1) is 5.92 Å². The summed E-state index contributed by atoms with van der Waals surface area (Å²) >= 11 is 0. The van der Waals surface area contributed by atoms with Crippen LogP contribution < -0.4 is 0 Å². The van der Waals surface area contributed by atoms with Crippen molar-refractivity contribution < 1.29 is 0 Å². The Morgan fingerprint density at radius 1 is 1.31 bits per heavy atom. The summed E-state index contributed by atoms with van der Waals surface area (Å²) in [5.41, 5.74) is 0. The normalized spacial score (nSPS) is 22.6. The monoisotopic (exact) mass is 176 g/mol. The van der Waals surface area contributed by atoms with E-state index in [2.05, 4.69) is 27.5 Å². The van der Waals surface area contributed by atoms with Crippen LogP contribution in [0.5, 0.6) is 0 Å².